The van der Waals surface area contributed by atoms with Crippen LogP contribution >= 0.6 is 0 Å². The van der Waals surface area contributed by atoms with E-state index in [0.717, 1.165) is 25.1 Å². The van der Waals surface area contributed by atoms with Crippen molar-refractivity contribution < 1.29 is 9.53 Å². The molecular weight excluding hydrogens is 268 g/mol. The van der Waals surface area contributed by atoms with E-state index >= 15 is 0 Å². The number of para-hydroxylation sites is 1. The standard InChI is InChI=1S/C15H18N4O2/c1-11(14-8-5-9-21-14)17-15(20)13-10-16-19(18-13)12-6-3-2-4-7-12/h2-4,6-7,10-11,14H,5,8-9H2,1H3,(H,17,20). The second kappa shape index (κ2) is 6.05. The first-order valence-electron chi connectivity index (χ1n) is 7.14. The van der Waals surface area contributed by atoms with Crippen LogP contribution in [0, 0.1) is 0 Å². The average molecular weight is 286 g/mol. The molecule has 0 bridgehead atoms. The maximum absolute atomic E-state index is 12.2. The summed E-state index contributed by atoms with van der Waals surface area (Å²) < 4.78 is 5.57. The number of benzene rings is 1. The lowest BCUT2D eigenvalue weighted by atomic mass is 10.1. The SMILES string of the molecule is CC(NC(=O)c1cnn(-c2ccccc2)n1)C1CCCO1. The smallest absolute Gasteiger partial charge is 0.273 e. The fraction of sp³-hybridized carbons (Fsp3) is 0.400. The van der Waals surface area contributed by atoms with Crippen molar-refractivity contribution in [3.63, 3.8) is 0 Å². The quantitative estimate of drug-likeness (QED) is 0.926. The lowest BCUT2D eigenvalue weighted by Crippen LogP contribution is -2.41. The van der Waals surface area contributed by atoms with Crippen LogP contribution in [0.5, 0.6) is 0 Å². The highest BCUT2D eigenvalue weighted by atomic mass is 16.5. The number of aromatic nitrogens is 3. The number of hydrogen-bond donors (Lipinski definition) is 1. The van der Waals surface area contributed by atoms with Gasteiger partial charge in [-0.1, -0.05) is 18.2 Å². The number of carbonyl (C=O) groups excluding carboxylic acids is 1. The van der Waals surface area contributed by atoms with E-state index < -0.39 is 0 Å². The molecule has 110 valence electrons. The van der Waals surface area contributed by atoms with Gasteiger partial charge in [-0.25, -0.2) is 0 Å². The average Bonchev–Trinajstić information content (AvgIpc) is 3.20. The van der Waals surface area contributed by atoms with Crippen molar-refractivity contribution in [3.8, 4) is 5.69 Å². The van der Waals surface area contributed by atoms with Gasteiger partial charge in [-0.05, 0) is 31.9 Å². The Morgan fingerprint density at radius 3 is 2.95 bits per heavy atom. The van der Waals surface area contributed by atoms with Gasteiger partial charge in [0.1, 0.15) is 0 Å². The Hall–Kier alpha value is -2.21. The molecule has 3 rings (SSSR count). The minimum atomic E-state index is -0.222. The molecule has 0 radical (unpaired) electrons. The molecule has 6 nitrogen and oxygen atoms in total. The third-order valence-corrected chi connectivity index (χ3v) is 3.59. The van der Waals surface area contributed by atoms with Crippen LogP contribution in [0.3, 0.4) is 0 Å². The number of carbonyl (C=O) groups is 1. The van der Waals surface area contributed by atoms with Crippen molar-refractivity contribution in [2.45, 2.75) is 31.9 Å². The van der Waals surface area contributed by atoms with Gasteiger partial charge >= 0.3 is 0 Å². The van der Waals surface area contributed by atoms with E-state index in [-0.39, 0.29) is 18.1 Å². The Morgan fingerprint density at radius 1 is 1.43 bits per heavy atom. The maximum Gasteiger partial charge on any atom is 0.273 e. The van der Waals surface area contributed by atoms with Crippen molar-refractivity contribution in [1.82, 2.24) is 20.3 Å². The van der Waals surface area contributed by atoms with Crippen LogP contribution < -0.4 is 5.32 Å². The fourth-order valence-electron chi connectivity index (χ4n) is 2.42. The summed E-state index contributed by atoms with van der Waals surface area (Å²) in [4.78, 5) is 13.6. The zero-order chi connectivity index (χ0) is 14.7. The lowest BCUT2D eigenvalue weighted by molar-refractivity contribution is 0.0709. The molecule has 1 saturated heterocycles. The summed E-state index contributed by atoms with van der Waals surface area (Å²) in [5.41, 5.74) is 1.13. The van der Waals surface area contributed by atoms with Crippen molar-refractivity contribution >= 4 is 5.91 Å². The van der Waals surface area contributed by atoms with Crippen molar-refractivity contribution in [1.29, 1.82) is 0 Å². The topological polar surface area (TPSA) is 69.0 Å². The molecule has 1 aliphatic rings. The molecule has 2 atom stereocenters. The van der Waals surface area contributed by atoms with Gasteiger partial charge in [-0.3, -0.25) is 4.79 Å². The van der Waals surface area contributed by atoms with Crippen molar-refractivity contribution in [3.05, 3.63) is 42.2 Å². The Balaban J connectivity index is 1.67. The van der Waals surface area contributed by atoms with Crippen LogP contribution in [0.1, 0.15) is 30.3 Å². The molecule has 1 fully saturated rings. The number of rotatable bonds is 4. The molecule has 1 aromatic heterocycles. The Kier molecular flexibility index (Phi) is 3.96. The van der Waals surface area contributed by atoms with Crippen LogP contribution in [0.15, 0.2) is 36.5 Å². The molecule has 0 saturated carbocycles. The molecule has 1 amide bonds. The Labute approximate surface area is 123 Å². The zero-order valence-corrected chi connectivity index (χ0v) is 11.9. The van der Waals surface area contributed by atoms with E-state index in [4.69, 9.17) is 4.74 Å². The van der Waals surface area contributed by atoms with Crippen LogP contribution in [0.4, 0.5) is 0 Å². The number of ether oxygens (including phenoxy) is 1. The first-order valence-corrected chi connectivity index (χ1v) is 7.14. The van der Waals surface area contributed by atoms with Crippen molar-refractivity contribution in [2.75, 3.05) is 6.61 Å². The largest absolute Gasteiger partial charge is 0.376 e. The third-order valence-electron chi connectivity index (χ3n) is 3.59. The Morgan fingerprint density at radius 2 is 2.24 bits per heavy atom. The van der Waals surface area contributed by atoms with E-state index in [2.05, 4.69) is 15.5 Å². The number of hydrogen-bond acceptors (Lipinski definition) is 4. The second-order valence-corrected chi connectivity index (χ2v) is 5.17. The predicted octanol–water partition coefficient (Wildman–Crippen LogP) is 1.56. The Bertz CT molecular complexity index is 605. The van der Waals surface area contributed by atoms with Crippen LogP contribution in [0.25, 0.3) is 5.69 Å². The van der Waals surface area contributed by atoms with Gasteiger partial charge < -0.3 is 10.1 Å². The highest BCUT2D eigenvalue weighted by Crippen LogP contribution is 2.15. The molecule has 0 spiro atoms. The summed E-state index contributed by atoms with van der Waals surface area (Å²) in [6.45, 7) is 2.73. The summed E-state index contributed by atoms with van der Waals surface area (Å²) in [6.07, 6.45) is 3.61. The molecule has 21 heavy (non-hydrogen) atoms. The second-order valence-electron chi connectivity index (χ2n) is 5.17. The van der Waals surface area contributed by atoms with E-state index in [9.17, 15) is 4.79 Å². The summed E-state index contributed by atoms with van der Waals surface area (Å²) in [7, 11) is 0. The lowest BCUT2D eigenvalue weighted by Gasteiger charge is -2.19. The monoisotopic (exact) mass is 286 g/mol. The van der Waals surface area contributed by atoms with Gasteiger partial charge in [0.2, 0.25) is 0 Å². The molecule has 2 heterocycles. The molecule has 6 heteroatoms. The number of amides is 1. The third kappa shape index (κ3) is 3.11. The molecule has 1 aliphatic heterocycles. The fourth-order valence-corrected chi connectivity index (χ4v) is 2.42. The molecular formula is C15H18N4O2. The molecule has 1 N–H and O–H groups in total. The first-order chi connectivity index (χ1) is 10.2. The van der Waals surface area contributed by atoms with E-state index in [0.29, 0.717) is 5.69 Å². The van der Waals surface area contributed by atoms with E-state index in [1.165, 1.54) is 11.0 Å². The number of nitrogens with one attached hydrogen (secondary N) is 1. The summed E-state index contributed by atoms with van der Waals surface area (Å²) in [5.74, 6) is -0.222. The minimum absolute atomic E-state index is 0.0260. The predicted molar refractivity (Wildman–Crippen MR) is 77.3 cm³/mol. The molecule has 0 aliphatic carbocycles. The van der Waals surface area contributed by atoms with Gasteiger partial charge in [-0.15, -0.1) is 5.10 Å². The normalized spacial score (nSPS) is 19.4. The molecule has 2 aromatic rings. The molecule has 2 unspecified atom stereocenters. The first kappa shape index (κ1) is 13.8. The highest BCUT2D eigenvalue weighted by Gasteiger charge is 2.24. The van der Waals surface area contributed by atoms with Gasteiger partial charge in [0.05, 0.1) is 24.0 Å². The van der Waals surface area contributed by atoms with E-state index in [1.807, 2.05) is 37.3 Å². The minimum Gasteiger partial charge on any atom is -0.376 e. The van der Waals surface area contributed by atoms with Gasteiger partial charge in [0.15, 0.2) is 5.69 Å². The zero-order valence-electron chi connectivity index (χ0n) is 11.9. The van der Waals surface area contributed by atoms with Gasteiger partial charge in [-0.2, -0.15) is 9.90 Å². The van der Waals surface area contributed by atoms with E-state index in [1.54, 1.807) is 0 Å². The summed E-state index contributed by atoms with van der Waals surface area (Å²) in [6, 6.07) is 9.47. The van der Waals surface area contributed by atoms with Gasteiger partial charge in [0.25, 0.3) is 5.91 Å². The van der Waals surface area contributed by atoms with Crippen LogP contribution in [-0.4, -0.2) is 39.7 Å². The summed E-state index contributed by atoms with van der Waals surface area (Å²) in [5, 5.41) is 11.3. The highest BCUT2D eigenvalue weighted by molar-refractivity contribution is 5.92. The summed E-state index contributed by atoms with van der Waals surface area (Å²) >= 11 is 0. The van der Waals surface area contributed by atoms with Crippen LogP contribution in [0.2, 0.25) is 0 Å². The molecule has 1 aromatic carbocycles. The maximum atomic E-state index is 12.2. The van der Waals surface area contributed by atoms with Gasteiger partial charge in [0, 0.05) is 6.61 Å². The number of nitrogens with zero attached hydrogens (tertiary/aromatic N) is 3. The van der Waals surface area contributed by atoms with Crippen LogP contribution in [-0.2, 0) is 4.74 Å². The van der Waals surface area contributed by atoms with Crippen molar-refractivity contribution in [2.24, 2.45) is 0 Å².